The number of hydrogen-bond acceptors (Lipinski definition) is 4. The van der Waals surface area contributed by atoms with E-state index in [1.165, 1.54) is 6.39 Å². The minimum Gasteiger partial charge on any atom is -0.442 e. The van der Waals surface area contributed by atoms with Crippen molar-refractivity contribution in [2.24, 2.45) is 5.92 Å². The number of halogens is 1. The molecule has 0 unspecified atom stereocenters. The van der Waals surface area contributed by atoms with Gasteiger partial charge < -0.3 is 9.73 Å². The summed E-state index contributed by atoms with van der Waals surface area (Å²) in [7, 11) is 0. The first kappa shape index (κ1) is 13.6. The van der Waals surface area contributed by atoms with Crippen molar-refractivity contribution >= 4 is 22.9 Å². The van der Waals surface area contributed by atoms with Crippen LogP contribution in [-0.4, -0.2) is 11.5 Å². The number of thiophene rings is 1. The predicted molar refractivity (Wildman–Crippen MR) is 76.1 cm³/mol. The Kier molecular flexibility index (Phi) is 4.43. The highest BCUT2D eigenvalue weighted by atomic mass is 35.5. The van der Waals surface area contributed by atoms with Gasteiger partial charge in [0.05, 0.1) is 9.90 Å². The predicted octanol–water partition coefficient (Wildman–Crippen LogP) is 4.11. The maximum Gasteiger partial charge on any atom is 0.181 e. The first-order valence-electron chi connectivity index (χ1n) is 5.96. The summed E-state index contributed by atoms with van der Waals surface area (Å²) >= 11 is 7.85. The first-order chi connectivity index (χ1) is 8.59. The van der Waals surface area contributed by atoms with Gasteiger partial charge >= 0.3 is 0 Å². The van der Waals surface area contributed by atoms with E-state index in [2.05, 4.69) is 24.1 Å². The lowest BCUT2D eigenvalue weighted by molar-refractivity contribution is 0.545. The van der Waals surface area contributed by atoms with Crippen molar-refractivity contribution in [2.75, 3.05) is 6.54 Å². The van der Waals surface area contributed by atoms with Crippen LogP contribution in [-0.2, 0) is 6.54 Å². The lowest BCUT2D eigenvalue weighted by Gasteiger charge is -2.06. The van der Waals surface area contributed by atoms with Gasteiger partial charge in [-0.15, -0.1) is 11.3 Å². The van der Waals surface area contributed by atoms with Crippen molar-refractivity contribution in [3.05, 3.63) is 28.1 Å². The molecule has 2 aromatic rings. The van der Waals surface area contributed by atoms with Crippen LogP contribution in [0, 0.1) is 12.8 Å². The van der Waals surface area contributed by atoms with Gasteiger partial charge in [0.25, 0.3) is 0 Å². The number of rotatable bonds is 5. The van der Waals surface area contributed by atoms with Gasteiger partial charge in [0.2, 0.25) is 0 Å². The fourth-order valence-electron chi connectivity index (χ4n) is 1.64. The van der Waals surface area contributed by atoms with Gasteiger partial charge in [-0.25, -0.2) is 4.98 Å². The molecule has 0 radical (unpaired) electrons. The molecular formula is C13H17ClN2OS. The van der Waals surface area contributed by atoms with Gasteiger partial charge in [-0.3, -0.25) is 0 Å². The zero-order chi connectivity index (χ0) is 13.1. The quantitative estimate of drug-likeness (QED) is 0.898. The lowest BCUT2D eigenvalue weighted by Crippen LogP contribution is -2.19. The van der Waals surface area contributed by atoms with E-state index in [1.54, 1.807) is 11.3 Å². The van der Waals surface area contributed by atoms with Gasteiger partial charge in [-0.1, -0.05) is 25.4 Å². The number of aryl methyl sites for hydroxylation is 1. The monoisotopic (exact) mass is 284 g/mol. The fourth-order valence-corrected chi connectivity index (χ4v) is 2.93. The summed E-state index contributed by atoms with van der Waals surface area (Å²) in [5, 5.41) is 6.16. The molecule has 2 aromatic heterocycles. The molecule has 3 nitrogen and oxygen atoms in total. The van der Waals surface area contributed by atoms with E-state index in [0.29, 0.717) is 12.5 Å². The maximum absolute atomic E-state index is 6.26. The fraction of sp³-hybridized carbons (Fsp3) is 0.462. The molecule has 0 bridgehead atoms. The van der Waals surface area contributed by atoms with Gasteiger partial charge in [0.1, 0.15) is 5.69 Å². The average molecular weight is 285 g/mol. The van der Waals surface area contributed by atoms with Crippen LogP contribution < -0.4 is 5.32 Å². The molecule has 0 spiro atoms. The molecule has 5 heteroatoms. The molecule has 2 heterocycles. The minimum absolute atomic E-state index is 0.618. The van der Waals surface area contributed by atoms with E-state index in [1.807, 2.05) is 12.3 Å². The Morgan fingerprint density at radius 3 is 2.89 bits per heavy atom. The highest BCUT2D eigenvalue weighted by Gasteiger charge is 2.16. The molecule has 0 saturated carbocycles. The third kappa shape index (κ3) is 2.94. The van der Waals surface area contributed by atoms with E-state index in [0.717, 1.165) is 33.5 Å². The number of nitrogens with one attached hydrogen (secondary N) is 1. The first-order valence-corrected chi connectivity index (χ1v) is 7.22. The molecule has 0 aliphatic carbocycles. The Hall–Kier alpha value is -0.840. The number of aromatic nitrogens is 1. The summed E-state index contributed by atoms with van der Waals surface area (Å²) in [5.41, 5.74) is 1.99. The number of oxazole rings is 1. The van der Waals surface area contributed by atoms with Crippen LogP contribution in [0.3, 0.4) is 0 Å². The summed E-state index contributed by atoms with van der Waals surface area (Å²) in [6, 6.07) is 0. The molecular weight excluding hydrogens is 268 g/mol. The van der Waals surface area contributed by atoms with Crippen LogP contribution in [0.4, 0.5) is 0 Å². The molecule has 0 amide bonds. The SMILES string of the molecule is Cc1csc(-c2ocnc2CNCC(C)C)c1Cl. The Labute approximate surface area is 116 Å². The molecule has 18 heavy (non-hydrogen) atoms. The molecule has 98 valence electrons. The second kappa shape index (κ2) is 5.87. The largest absolute Gasteiger partial charge is 0.442 e. The van der Waals surface area contributed by atoms with Crippen LogP contribution in [0.25, 0.3) is 10.6 Å². The van der Waals surface area contributed by atoms with Crippen LogP contribution in [0.1, 0.15) is 25.1 Å². The normalized spacial score (nSPS) is 11.4. The average Bonchev–Trinajstić information content (AvgIpc) is 2.88. The Bertz CT molecular complexity index is 519. The zero-order valence-electron chi connectivity index (χ0n) is 10.8. The van der Waals surface area contributed by atoms with Crippen molar-refractivity contribution in [3.8, 4) is 10.6 Å². The third-order valence-electron chi connectivity index (χ3n) is 2.59. The smallest absolute Gasteiger partial charge is 0.181 e. The van der Waals surface area contributed by atoms with E-state index in [9.17, 15) is 0 Å². The molecule has 0 atom stereocenters. The third-order valence-corrected chi connectivity index (χ3v) is 4.29. The van der Waals surface area contributed by atoms with Crippen molar-refractivity contribution in [2.45, 2.75) is 27.3 Å². The molecule has 0 aliphatic rings. The highest BCUT2D eigenvalue weighted by Crippen LogP contribution is 2.37. The van der Waals surface area contributed by atoms with Crippen molar-refractivity contribution in [1.82, 2.24) is 10.3 Å². The Morgan fingerprint density at radius 2 is 2.28 bits per heavy atom. The van der Waals surface area contributed by atoms with Gasteiger partial charge in [-0.05, 0) is 30.3 Å². The van der Waals surface area contributed by atoms with Gasteiger partial charge in [-0.2, -0.15) is 0 Å². The van der Waals surface area contributed by atoms with Gasteiger partial charge in [0, 0.05) is 6.54 Å². The summed E-state index contributed by atoms with van der Waals surface area (Å²) in [5.74, 6) is 1.40. The second-order valence-corrected chi connectivity index (χ2v) is 5.97. The van der Waals surface area contributed by atoms with E-state index < -0.39 is 0 Å². The zero-order valence-corrected chi connectivity index (χ0v) is 12.4. The Morgan fingerprint density at radius 1 is 1.50 bits per heavy atom. The second-order valence-electron chi connectivity index (χ2n) is 4.71. The summed E-state index contributed by atoms with van der Waals surface area (Å²) in [6.07, 6.45) is 1.48. The maximum atomic E-state index is 6.26. The molecule has 0 aromatic carbocycles. The Balaban J connectivity index is 2.15. The molecule has 2 rings (SSSR count). The standard InChI is InChI=1S/C13H17ClN2OS/c1-8(2)4-15-5-10-12(17-7-16-10)13-11(14)9(3)6-18-13/h6-8,15H,4-5H2,1-3H3. The summed E-state index contributed by atoms with van der Waals surface area (Å²) in [6.45, 7) is 8.02. The molecule has 1 N–H and O–H groups in total. The van der Waals surface area contributed by atoms with Crippen LogP contribution in [0.2, 0.25) is 5.02 Å². The topological polar surface area (TPSA) is 38.1 Å². The number of nitrogens with zero attached hydrogens (tertiary/aromatic N) is 1. The van der Waals surface area contributed by atoms with E-state index in [-0.39, 0.29) is 0 Å². The van der Waals surface area contributed by atoms with Crippen LogP contribution in [0.5, 0.6) is 0 Å². The molecule has 0 fully saturated rings. The van der Waals surface area contributed by atoms with Crippen LogP contribution in [0.15, 0.2) is 16.2 Å². The van der Waals surface area contributed by atoms with Crippen molar-refractivity contribution in [1.29, 1.82) is 0 Å². The summed E-state index contributed by atoms with van der Waals surface area (Å²) in [4.78, 5) is 5.22. The van der Waals surface area contributed by atoms with E-state index >= 15 is 0 Å². The van der Waals surface area contributed by atoms with Crippen molar-refractivity contribution in [3.63, 3.8) is 0 Å². The lowest BCUT2D eigenvalue weighted by atomic mass is 10.2. The molecule has 0 saturated heterocycles. The minimum atomic E-state index is 0.618. The van der Waals surface area contributed by atoms with Crippen molar-refractivity contribution < 1.29 is 4.42 Å². The highest BCUT2D eigenvalue weighted by molar-refractivity contribution is 7.14. The molecule has 0 aliphatic heterocycles. The van der Waals surface area contributed by atoms with E-state index in [4.69, 9.17) is 16.0 Å². The summed E-state index contributed by atoms with van der Waals surface area (Å²) < 4.78 is 5.48. The number of hydrogen-bond donors (Lipinski definition) is 1. The van der Waals surface area contributed by atoms with Crippen LogP contribution >= 0.6 is 22.9 Å². The van der Waals surface area contributed by atoms with Gasteiger partial charge in [0.15, 0.2) is 12.2 Å².